The van der Waals surface area contributed by atoms with E-state index in [1.807, 2.05) is 50.1 Å². The molecule has 0 fully saturated rings. The summed E-state index contributed by atoms with van der Waals surface area (Å²) in [4.78, 5) is 39.3. The number of hydrogen-bond acceptors (Lipinski definition) is 7. The highest BCUT2D eigenvalue weighted by atomic mass is 16.5. The van der Waals surface area contributed by atoms with Crippen LogP contribution in [-0.2, 0) is 14.9 Å². The summed E-state index contributed by atoms with van der Waals surface area (Å²) in [6.45, 7) is 3.59. The van der Waals surface area contributed by atoms with Gasteiger partial charge in [-0.1, -0.05) is 44.2 Å². The summed E-state index contributed by atoms with van der Waals surface area (Å²) in [7, 11) is 3.35. The summed E-state index contributed by atoms with van der Waals surface area (Å²) in [6, 6.07) is 14.4. The molecule has 0 radical (unpaired) electrons. The summed E-state index contributed by atoms with van der Waals surface area (Å²) in [5, 5.41) is 0.511. The van der Waals surface area contributed by atoms with Crippen LogP contribution in [0.25, 0.3) is 11.0 Å². The van der Waals surface area contributed by atoms with Gasteiger partial charge >= 0.3 is 11.6 Å². The Kier molecular flexibility index (Phi) is 5.34. The third kappa shape index (κ3) is 3.56. The number of ether oxygens (including phenoxy) is 2. The van der Waals surface area contributed by atoms with E-state index in [1.54, 1.807) is 18.2 Å². The summed E-state index contributed by atoms with van der Waals surface area (Å²) in [6.07, 6.45) is 1.49. The van der Waals surface area contributed by atoms with Gasteiger partial charge in [-0.15, -0.1) is 0 Å². The predicted molar refractivity (Wildman–Crippen MR) is 120 cm³/mol. The minimum Gasteiger partial charge on any atom is -0.493 e. The Morgan fingerprint density at radius 3 is 2.59 bits per heavy atom. The number of allylic oxidation sites excluding steroid dienone is 1. The molecule has 7 heteroatoms. The Morgan fingerprint density at radius 2 is 1.88 bits per heavy atom. The normalized spacial score (nSPS) is 15.6. The zero-order chi connectivity index (χ0) is 23.0. The van der Waals surface area contributed by atoms with E-state index >= 15 is 0 Å². The van der Waals surface area contributed by atoms with Crippen LogP contribution < -0.4 is 15.3 Å². The highest BCUT2D eigenvalue weighted by Crippen LogP contribution is 2.46. The second kappa shape index (κ2) is 8.00. The van der Waals surface area contributed by atoms with Crippen molar-refractivity contribution in [2.24, 2.45) is 0 Å². The van der Waals surface area contributed by atoms with Crippen LogP contribution in [0.4, 0.5) is 5.69 Å². The Bertz CT molecular complexity index is 1320. The molecule has 4 rings (SSSR count). The molecule has 0 aliphatic carbocycles. The van der Waals surface area contributed by atoms with Gasteiger partial charge in [-0.25, -0.2) is 9.59 Å². The molecule has 0 bridgehead atoms. The van der Waals surface area contributed by atoms with Crippen LogP contribution in [0.5, 0.6) is 5.75 Å². The van der Waals surface area contributed by atoms with E-state index in [-0.39, 0.29) is 22.3 Å². The average molecular weight is 433 g/mol. The van der Waals surface area contributed by atoms with Gasteiger partial charge in [-0.05, 0) is 23.8 Å². The van der Waals surface area contributed by atoms with Crippen LogP contribution in [0.3, 0.4) is 0 Å². The van der Waals surface area contributed by atoms with Crippen molar-refractivity contribution in [2.45, 2.75) is 19.3 Å². The van der Waals surface area contributed by atoms with Crippen molar-refractivity contribution in [3.05, 3.63) is 81.9 Å². The highest BCUT2D eigenvalue weighted by Gasteiger charge is 2.38. The SMILES string of the molecule is COc1cccc2cc(C(=O)OCC(=O)C=C3N(C)c4ccccc4C3(C)C)c(=O)oc12. The Balaban J connectivity index is 1.52. The third-order valence-electron chi connectivity index (χ3n) is 5.75. The first-order valence-corrected chi connectivity index (χ1v) is 10.1. The number of methoxy groups -OCH3 is 1. The van der Waals surface area contributed by atoms with Crippen LogP contribution in [-0.4, -0.2) is 32.5 Å². The van der Waals surface area contributed by atoms with Crippen LogP contribution in [0.2, 0.25) is 0 Å². The van der Waals surface area contributed by atoms with Crippen LogP contribution in [0.1, 0.15) is 29.8 Å². The van der Waals surface area contributed by atoms with Gasteiger partial charge in [0.2, 0.25) is 0 Å². The molecule has 1 aromatic heterocycles. The fourth-order valence-electron chi connectivity index (χ4n) is 4.09. The van der Waals surface area contributed by atoms with Crippen molar-refractivity contribution >= 4 is 28.4 Å². The van der Waals surface area contributed by atoms with Crippen LogP contribution in [0, 0.1) is 0 Å². The van der Waals surface area contributed by atoms with Crippen molar-refractivity contribution in [3.8, 4) is 5.75 Å². The van der Waals surface area contributed by atoms with Crippen LogP contribution >= 0.6 is 0 Å². The van der Waals surface area contributed by atoms with E-state index in [1.165, 1.54) is 19.3 Å². The molecule has 0 spiro atoms. The fraction of sp³-hybridized carbons (Fsp3) is 0.240. The van der Waals surface area contributed by atoms with Gasteiger partial charge in [0.25, 0.3) is 0 Å². The predicted octanol–water partition coefficient (Wildman–Crippen LogP) is 3.84. The lowest BCUT2D eigenvalue weighted by Gasteiger charge is -2.23. The number of nitrogens with zero attached hydrogens (tertiary/aromatic N) is 1. The zero-order valence-corrected chi connectivity index (χ0v) is 18.3. The van der Waals surface area contributed by atoms with Gasteiger partial charge in [0, 0.05) is 35.3 Å². The maximum absolute atomic E-state index is 12.6. The molecular weight excluding hydrogens is 410 g/mol. The smallest absolute Gasteiger partial charge is 0.351 e. The first-order valence-electron chi connectivity index (χ1n) is 10.1. The lowest BCUT2D eigenvalue weighted by molar-refractivity contribution is -0.117. The van der Waals surface area contributed by atoms with Crippen LogP contribution in [0.15, 0.2) is 69.5 Å². The second-order valence-corrected chi connectivity index (χ2v) is 8.10. The molecule has 1 aliphatic heterocycles. The molecular formula is C25H23NO6. The van der Waals surface area contributed by atoms with E-state index < -0.39 is 18.2 Å². The summed E-state index contributed by atoms with van der Waals surface area (Å²) in [5.41, 5.74) is 1.67. The van der Waals surface area contributed by atoms with Crippen molar-refractivity contribution < 1.29 is 23.5 Å². The van der Waals surface area contributed by atoms with Gasteiger partial charge in [-0.3, -0.25) is 4.79 Å². The van der Waals surface area contributed by atoms with Gasteiger partial charge in [0.1, 0.15) is 5.56 Å². The topological polar surface area (TPSA) is 86.0 Å². The second-order valence-electron chi connectivity index (χ2n) is 8.10. The number of hydrogen-bond donors (Lipinski definition) is 0. The molecule has 1 aliphatic rings. The van der Waals surface area contributed by atoms with Gasteiger partial charge in [0.15, 0.2) is 23.7 Å². The number of carbonyl (C=O) groups excluding carboxylic acids is 2. The molecule has 164 valence electrons. The lowest BCUT2D eigenvalue weighted by atomic mass is 9.83. The number of esters is 1. The van der Waals surface area contributed by atoms with Crippen molar-refractivity contribution in [1.29, 1.82) is 0 Å². The molecule has 0 N–H and O–H groups in total. The van der Waals surface area contributed by atoms with E-state index in [4.69, 9.17) is 13.9 Å². The van der Waals surface area contributed by atoms with Crippen molar-refractivity contribution in [2.75, 3.05) is 25.7 Å². The highest BCUT2D eigenvalue weighted by molar-refractivity contribution is 5.98. The molecule has 3 aromatic rings. The molecule has 7 nitrogen and oxygen atoms in total. The average Bonchev–Trinajstić information content (AvgIpc) is 2.97. The first kappa shape index (κ1) is 21.4. The number of likely N-dealkylation sites (N-methyl/N-ethyl adjacent to an activating group) is 1. The molecule has 32 heavy (non-hydrogen) atoms. The van der Waals surface area contributed by atoms with Gasteiger partial charge in [0.05, 0.1) is 7.11 Å². The first-order chi connectivity index (χ1) is 15.2. The lowest BCUT2D eigenvalue weighted by Crippen LogP contribution is -2.25. The number of benzene rings is 2. The Morgan fingerprint density at radius 1 is 1.12 bits per heavy atom. The molecule has 2 aromatic carbocycles. The molecule has 0 saturated heterocycles. The van der Waals surface area contributed by atoms with E-state index in [9.17, 15) is 14.4 Å². The summed E-state index contributed by atoms with van der Waals surface area (Å²) >= 11 is 0. The molecule has 0 amide bonds. The van der Waals surface area contributed by atoms with Gasteiger partial charge < -0.3 is 18.8 Å². The molecule has 2 heterocycles. The van der Waals surface area contributed by atoms with Gasteiger partial charge in [-0.2, -0.15) is 0 Å². The number of fused-ring (bicyclic) bond motifs is 2. The maximum atomic E-state index is 12.6. The van der Waals surface area contributed by atoms with Crippen molar-refractivity contribution in [1.82, 2.24) is 0 Å². The minimum absolute atomic E-state index is 0.239. The zero-order valence-electron chi connectivity index (χ0n) is 18.3. The summed E-state index contributed by atoms with van der Waals surface area (Å²) in [5.74, 6) is -0.920. The standard InChI is InChI=1S/C25H23NO6/c1-25(2)18-9-5-6-10-19(18)26(3)21(25)13-16(27)14-31-23(28)17-12-15-8-7-11-20(30-4)22(15)32-24(17)29/h5-13H,14H2,1-4H3. The fourth-order valence-corrected chi connectivity index (χ4v) is 4.09. The van der Waals surface area contributed by atoms with E-state index in [2.05, 4.69) is 0 Å². The van der Waals surface area contributed by atoms with E-state index in [0.717, 1.165) is 16.9 Å². The number of carbonyl (C=O) groups is 2. The number of ketones is 1. The maximum Gasteiger partial charge on any atom is 0.351 e. The number of para-hydroxylation sites is 2. The monoisotopic (exact) mass is 433 g/mol. The molecule has 0 saturated carbocycles. The molecule has 0 atom stereocenters. The quantitative estimate of drug-likeness (QED) is 0.343. The third-order valence-corrected chi connectivity index (χ3v) is 5.75. The van der Waals surface area contributed by atoms with Crippen molar-refractivity contribution in [3.63, 3.8) is 0 Å². The number of rotatable bonds is 5. The minimum atomic E-state index is -0.919. The largest absolute Gasteiger partial charge is 0.493 e. The van der Waals surface area contributed by atoms with E-state index in [0.29, 0.717) is 11.1 Å². The number of anilines is 1. The molecule has 0 unspecified atom stereocenters. The summed E-state index contributed by atoms with van der Waals surface area (Å²) < 4.78 is 15.5. The Labute approximate surface area is 184 Å². The Hall–Kier alpha value is -3.87.